The number of nitrogens with zero attached hydrogens (tertiary/aromatic N) is 4. The van der Waals surface area contributed by atoms with Gasteiger partial charge in [0.15, 0.2) is 6.61 Å². The predicted octanol–water partition coefficient (Wildman–Crippen LogP) is 0.907. The van der Waals surface area contributed by atoms with E-state index in [1.165, 1.54) is 4.80 Å². The topological polar surface area (TPSA) is 74.1 Å². The largest absolute Gasteiger partial charge is 0.497 e. The van der Waals surface area contributed by atoms with Crippen LogP contribution in [0.4, 0.5) is 0 Å². The Hall–Kier alpha value is -2.15. The van der Waals surface area contributed by atoms with Crippen LogP contribution in [-0.4, -0.2) is 33.9 Å². The number of hydrogen-bond donors (Lipinski definition) is 1. The van der Waals surface area contributed by atoms with Crippen molar-refractivity contribution in [1.29, 1.82) is 0 Å². The second-order valence-corrected chi connectivity index (χ2v) is 4.24. The van der Waals surface area contributed by atoms with Crippen LogP contribution >= 0.6 is 0 Å². The highest BCUT2D eigenvalue weighted by Crippen LogP contribution is 2.25. The van der Waals surface area contributed by atoms with Gasteiger partial charge < -0.3 is 14.8 Å². The molecule has 1 heterocycles. The SMILES string of the molecule is CCNCc1ccc(OC)cc1OCc1nnn(C)n1. The smallest absolute Gasteiger partial charge is 0.212 e. The molecule has 20 heavy (non-hydrogen) atoms. The molecule has 2 aromatic rings. The molecule has 0 unspecified atom stereocenters. The van der Waals surface area contributed by atoms with Crippen LogP contribution in [0.1, 0.15) is 18.3 Å². The van der Waals surface area contributed by atoms with Crippen LogP contribution in [0.3, 0.4) is 0 Å². The Kier molecular flexibility index (Phi) is 4.89. The Morgan fingerprint density at radius 1 is 1.35 bits per heavy atom. The lowest BCUT2D eigenvalue weighted by molar-refractivity contribution is 0.289. The van der Waals surface area contributed by atoms with Crippen molar-refractivity contribution in [1.82, 2.24) is 25.5 Å². The summed E-state index contributed by atoms with van der Waals surface area (Å²) in [6.45, 7) is 3.98. The van der Waals surface area contributed by atoms with E-state index < -0.39 is 0 Å². The minimum absolute atomic E-state index is 0.278. The summed E-state index contributed by atoms with van der Waals surface area (Å²) in [7, 11) is 3.35. The normalized spacial score (nSPS) is 10.6. The van der Waals surface area contributed by atoms with Gasteiger partial charge in [-0.2, -0.15) is 4.80 Å². The van der Waals surface area contributed by atoms with Crippen molar-refractivity contribution in [2.75, 3.05) is 13.7 Å². The second kappa shape index (κ2) is 6.85. The summed E-state index contributed by atoms with van der Waals surface area (Å²) in [5.74, 6) is 2.06. The van der Waals surface area contributed by atoms with Gasteiger partial charge in [-0.1, -0.05) is 13.0 Å². The molecular formula is C13H19N5O2. The minimum Gasteiger partial charge on any atom is -0.497 e. The van der Waals surface area contributed by atoms with Crippen molar-refractivity contribution in [3.05, 3.63) is 29.6 Å². The number of hydrogen-bond acceptors (Lipinski definition) is 6. The van der Waals surface area contributed by atoms with Crippen LogP contribution in [0, 0.1) is 0 Å². The lowest BCUT2D eigenvalue weighted by Crippen LogP contribution is -2.13. The fourth-order valence-corrected chi connectivity index (χ4v) is 1.73. The molecule has 0 atom stereocenters. The van der Waals surface area contributed by atoms with Gasteiger partial charge in [-0.05, 0) is 17.8 Å². The van der Waals surface area contributed by atoms with Gasteiger partial charge in [0.1, 0.15) is 11.5 Å². The summed E-state index contributed by atoms with van der Waals surface area (Å²) in [6.07, 6.45) is 0. The van der Waals surface area contributed by atoms with Gasteiger partial charge in [0.25, 0.3) is 0 Å². The van der Waals surface area contributed by atoms with E-state index in [9.17, 15) is 0 Å². The molecule has 108 valence electrons. The van der Waals surface area contributed by atoms with Crippen LogP contribution in [0.2, 0.25) is 0 Å². The second-order valence-electron chi connectivity index (χ2n) is 4.24. The fraction of sp³-hybridized carbons (Fsp3) is 0.462. The number of tetrazole rings is 1. The first-order valence-corrected chi connectivity index (χ1v) is 6.46. The number of aromatic nitrogens is 4. The Bertz CT molecular complexity index is 555. The average molecular weight is 277 g/mol. The lowest BCUT2D eigenvalue weighted by Gasteiger charge is -2.12. The van der Waals surface area contributed by atoms with Crippen LogP contribution in [-0.2, 0) is 20.2 Å². The molecule has 0 aliphatic rings. The molecule has 0 aliphatic carbocycles. The number of ether oxygens (including phenoxy) is 2. The first-order valence-electron chi connectivity index (χ1n) is 6.46. The molecular weight excluding hydrogens is 258 g/mol. The molecule has 1 aromatic carbocycles. The van der Waals surface area contributed by atoms with E-state index in [2.05, 4.69) is 27.7 Å². The zero-order valence-electron chi connectivity index (χ0n) is 12.0. The number of benzene rings is 1. The summed E-state index contributed by atoms with van der Waals surface area (Å²) < 4.78 is 11.0. The molecule has 1 aromatic heterocycles. The fourth-order valence-electron chi connectivity index (χ4n) is 1.73. The first-order chi connectivity index (χ1) is 9.72. The number of aryl methyl sites for hydroxylation is 1. The predicted molar refractivity (Wildman–Crippen MR) is 73.5 cm³/mol. The summed E-state index contributed by atoms with van der Waals surface area (Å²) in [4.78, 5) is 1.41. The van der Waals surface area contributed by atoms with Crippen LogP contribution in [0.15, 0.2) is 18.2 Å². The molecule has 7 heteroatoms. The molecule has 2 rings (SSSR count). The van der Waals surface area contributed by atoms with E-state index in [0.29, 0.717) is 5.82 Å². The van der Waals surface area contributed by atoms with Crippen LogP contribution in [0.5, 0.6) is 11.5 Å². The molecule has 0 saturated heterocycles. The summed E-state index contributed by atoms with van der Waals surface area (Å²) in [5.41, 5.74) is 1.07. The highest BCUT2D eigenvalue weighted by atomic mass is 16.5. The lowest BCUT2D eigenvalue weighted by atomic mass is 10.2. The van der Waals surface area contributed by atoms with E-state index >= 15 is 0 Å². The van der Waals surface area contributed by atoms with E-state index in [0.717, 1.165) is 30.2 Å². The molecule has 0 amide bonds. The van der Waals surface area contributed by atoms with Gasteiger partial charge in [-0.15, -0.1) is 10.2 Å². The van der Waals surface area contributed by atoms with Gasteiger partial charge in [0, 0.05) is 18.2 Å². The number of rotatable bonds is 7. The molecule has 7 nitrogen and oxygen atoms in total. The molecule has 0 bridgehead atoms. The maximum atomic E-state index is 5.78. The summed E-state index contributed by atoms with van der Waals surface area (Å²) in [6, 6.07) is 5.77. The Morgan fingerprint density at radius 2 is 2.20 bits per heavy atom. The molecule has 1 N–H and O–H groups in total. The monoisotopic (exact) mass is 277 g/mol. The molecule has 0 fully saturated rings. The van der Waals surface area contributed by atoms with Crippen molar-refractivity contribution in [3.8, 4) is 11.5 Å². The molecule has 0 spiro atoms. The molecule has 0 saturated carbocycles. The Balaban J connectivity index is 2.10. The van der Waals surface area contributed by atoms with Gasteiger partial charge in [-0.3, -0.25) is 0 Å². The third-order valence-electron chi connectivity index (χ3n) is 2.75. The van der Waals surface area contributed by atoms with Crippen LogP contribution in [0.25, 0.3) is 0 Å². The zero-order chi connectivity index (χ0) is 14.4. The third kappa shape index (κ3) is 3.67. The van der Waals surface area contributed by atoms with Gasteiger partial charge in [0.2, 0.25) is 5.82 Å². The highest BCUT2D eigenvalue weighted by Gasteiger charge is 2.08. The summed E-state index contributed by atoms with van der Waals surface area (Å²) >= 11 is 0. The maximum absolute atomic E-state index is 5.78. The van der Waals surface area contributed by atoms with E-state index in [1.807, 2.05) is 18.2 Å². The van der Waals surface area contributed by atoms with Crippen molar-refractivity contribution < 1.29 is 9.47 Å². The number of methoxy groups -OCH3 is 1. The molecule has 0 aliphatic heterocycles. The molecule has 0 radical (unpaired) electrons. The quantitative estimate of drug-likeness (QED) is 0.811. The minimum atomic E-state index is 0.278. The van der Waals surface area contributed by atoms with E-state index in [1.54, 1.807) is 14.2 Å². The Labute approximate surface area is 117 Å². The van der Waals surface area contributed by atoms with Gasteiger partial charge >= 0.3 is 0 Å². The van der Waals surface area contributed by atoms with Crippen LogP contribution < -0.4 is 14.8 Å². The van der Waals surface area contributed by atoms with E-state index in [4.69, 9.17) is 9.47 Å². The van der Waals surface area contributed by atoms with Gasteiger partial charge in [-0.25, -0.2) is 0 Å². The van der Waals surface area contributed by atoms with E-state index in [-0.39, 0.29) is 6.61 Å². The van der Waals surface area contributed by atoms with Crippen molar-refractivity contribution in [2.24, 2.45) is 7.05 Å². The average Bonchev–Trinajstić information content (AvgIpc) is 2.89. The Morgan fingerprint density at radius 3 is 2.85 bits per heavy atom. The zero-order valence-corrected chi connectivity index (χ0v) is 12.0. The van der Waals surface area contributed by atoms with Crippen molar-refractivity contribution in [2.45, 2.75) is 20.1 Å². The van der Waals surface area contributed by atoms with Crippen molar-refractivity contribution in [3.63, 3.8) is 0 Å². The highest BCUT2D eigenvalue weighted by molar-refractivity contribution is 5.40. The van der Waals surface area contributed by atoms with Gasteiger partial charge in [0.05, 0.1) is 14.2 Å². The van der Waals surface area contributed by atoms with Crippen molar-refractivity contribution >= 4 is 0 Å². The third-order valence-corrected chi connectivity index (χ3v) is 2.75. The standard InChI is InChI=1S/C13H19N5O2/c1-4-14-8-10-5-6-11(19-3)7-12(10)20-9-13-15-17-18(2)16-13/h5-7,14H,4,8-9H2,1-3H3. The maximum Gasteiger partial charge on any atom is 0.212 e. The number of nitrogens with one attached hydrogen (secondary N) is 1. The summed E-state index contributed by atoms with van der Waals surface area (Å²) in [5, 5.41) is 15.0. The first kappa shape index (κ1) is 14.3.